The average molecular weight is 263 g/mol. The van der Waals surface area contributed by atoms with Crippen molar-refractivity contribution < 1.29 is 13.2 Å². The van der Waals surface area contributed by atoms with Crippen LogP contribution in [0.15, 0.2) is 0 Å². The molecule has 1 N–H and O–H groups in total. The molecule has 0 amide bonds. The van der Waals surface area contributed by atoms with Gasteiger partial charge in [-0.05, 0) is 44.9 Å². The second-order valence-corrected chi connectivity index (χ2v) is 4.77. The Morgan fingerprint density at radius 2 is 2.00 bits per heavy atom. The first-order chi connectivity index (χ1) is 8.47. The third kappa shape index (κ3) is 4.83. The monoisotopic (exact) mass is 263 g/mol. The van der Waals surface area contributed by atoms with Gasteiger partial charge in [0.15, 0.2) is 5.92 Å². The van der Waals surface area contributed by atoms with Crippen LogP contribution in [0.25, 0.3) is 0 Å². The number of hydrogen-bond donors (Lipinski definition) is 1. The molecule has 1 saturated heterocycles. The number of piperidine rings is 1. The highest BCUT2D eigenvalue weighted by atomic mass is 19.4. The number of likely N-dealkylation sites (tertiary alicyclic amines) is 1. The van der Waals surface area contributed by atoms with Crippen molar-refractivity contribution in [1.82, 2.24) is 10.2 Å². The lowest BCUT2D eigenvalue weighted by Gasteiger charge is -2.33. The van der Waals surface area contributed by atoms with Crippen molar-refractivity contribution in [2.45, 2.75) is 25.9 Å². The van der Waals surface area contributed by atoms with Crippen molar-refractivity contribution in [2.75, 3.05) is 32.7 Å². The molecule has 0 bridgehead atoms. The molecule has 1 atom stereocenters. The summed E-state index contributed by atoms with van der Waals surface area (Å²) in [7, 11) is 0. The normalized spacial score (nSPS) is 20.6. The minimum absolute atomic E-state index is 0.187. The molecule has 1 rings (SSSR count). The molecule has 1 unspecified atom stereocenters. The molecule has 104 valence electrons. The Balaban J connectivity index is 2.33. The lowest BCUT2D eigenvalue weighted by atomic mass is 9.96. The van der Waals surface area contributed by atoms with Crippen LogP contribution in [0.4, 0.5) is 13.2 Å². The number of nitrogens with zero attached hydrogens (tertiary/aromatic N) is 2. The minimum Gasteiger partial charge on any atom is -0.317 e. The molecule has 0 aromatic rings. The van der Waals surface area contributed by atoms with Crippen molar-refractivity contribution in [2.24, 2.45) is 11.8 Å². The fraction of sp³-hybridized carbons (Fsp3) is 0.917. The summed E-state index contributed by atoms with van der Waals surface area (Å²) < 4.78 is 37.4. The summed E-state index contributed by atoms with van der Waals surface area (Å²) in [4.78, 5) is 1.75. The number of alkyl halides is 3. The fourth-order valence-corrected chi connectivity index (χ4v) is 2.20. The highest BCUT2D eigenvalue weighted by Crippen LogP contribution is 2.27. The topological polar surface area (TPSA) is 39.1 Å². The number of nitriles is 1. The van der Waals surface area contributed by atoms with Gasteiger partial charge in [0.05, 0.1) is 6.07 Å². The molecule has 0 aliphatic carbocycles. The third-order valence-corrected chi connectivity index (χ3v) is 3.38. The first kappa shape index (κ1) is 15.3. The first-order valence-corrected chi connectivity index (χ1v) is 6.36. The quantitative estimate of drug-likeness (QED) is 0.824. The zero-order chi connectivity index (χ0) is 13.6. The summed E-state index contributed by atoms with van der Waals surface area (Å²) >= 11 is 0. The SMILES string of the molecule is CCNCC1CCN(CC(C#N)C(F)(F)F)CC1. The summed E-state index contributed by atoms with van der Waals surface area (Å²) in [6.07, 6.45) is -2.60. The Morgan fingerprint density at radius 1 is 1.39 bits per heavy atom. The molecule has 3 nitrogen and oxygen atoms in total. The molecule has 0 radical (unpaired) electrons. The van der Waals surface area contributed by atoms with E-state index >= 15 is 0 Å². The Morgan fingerprint density at radius 3 is 2.44 bits per heavy atom. The van der Waals surface area contributed by atoms with Gasteiger partial charge in [0.1, 0.15) is 0 Å². The van der Waals surface area contributed by atoms with Gasteiger partial charge in [0, 0.05) is 6.54 Å². The van der Waals surface area contributed by atoms with Crippen molar-refractivity contribution >= 4 is 0 Å². The molecule has 1 fully saturated rings. The molecule has 1 aliphatic heterocycles. The average Bonchev–Trinajstić information content (AvgIpc) is 2.33. The molecule has 6 heteroatoms. The molecule has 0 aromatic carbocycles. The molecule has 0 spiro atoms. The second kappa shape index (κ2) is 6.95. The van der Waals surface area contributed by atoms with E-state index in [0.29, 0.717) is 19.0 Å². The Labute approximate surface area is 106 Å². The lowest BCUT2D eigenvalue weighted by molar-refractivity contribution is -0.163. The number of hydrogen-bond acceptors (Lipinski definition) is 3. The second-order valence-electron chi connectivity index (χ2n) is 4.77. The van der Waals surface area contributed by atoms with Crippen LogP contribution in [0, 0.1) is 23.2 Å². The Bertz CT molecular complexity index is 277. The van der Waals surface area contributed by atoms with E-state index in [2.05, 4.69) is 5.32 Å². The van der Waals surface area contributed by atoms with E-state index in [0.717, 1.165) is 25.9 Å². The zero-order valence-corrected chi connectivity index (χ0v) is 10.6. The molecule has 0 saturated carbocycles. The smallest absolute Gasteiger partial charge is 0.317 e. The molecule has 1 heterocycles. The van der Waals surface area contributed by atoms with Crippen LogP contribution in [0.3, 0.4) is 0 Å². The zero-order valence-electron chi connectivity index (χ0n) is 10.6. The van der Waals surface area contributed by atoms with E-state index in [1.165, 1.54) is 6.07 Å². The lowest BCUT2D eigenvalue weighted by Crippen LogP contribution is -2.42. The largest absolute Gasteiger partial charge is 0.405 e. The van der Waals surface area contributed by atoms with Crippen LogP contribution < -0.4 is 5.32 Å². The van der Waals surface area contributed by atoms with Gasteiger partial charge in [-0.1, -0.05) is 6.92 Å². The molecule has 1 aliphatic rings. The van der Waals surface area contributed by atoms with E-state index in [1.807, 2.05) is 6.92 Å². The van der Waals surface area contributed by atoms with Crippen molar-refractivity contribution in [1.29, 1.82) is 5.26 Å². The Kier molecular flexibility index (Phi) is 5.89. The van der Waals surface area contributed by atoms with E-state index in [1.54, 1.807) is 4.90 Å². The van der Waals surface area contributed by atoms with Crippen LogP contribution in [-0.4, -0.2) is 43.8 Å². The highest BCUT2D eigenvalue weighted by Gasteiger charge is 2.41. The van der Waals surface area contributed by atoms with E-state index in [9.17, 15) is 13.2 Å². The summed E-state index contributed by atoms with van der Waals surface area (Å²) in [5, 5.41) is 11.8. The van der Waals surface area contributed by atoms with Gasteiger partial charge in [-0.3, -0.25) is 0 Å². The van der Waals surface area contributed by atoms with Crippen LogP contribution in [0.2, 0.25) is 0 Å². The maximum Gasteiger partial charge on any atom is 0.405 e. The summed E-state index contributed by atoms with van der Waals surface area (Å²) in [6, 6.07) is 1.36. The van der Waals surface area contributed by atoms with Crippen LogP contribution in [0.1, 0.15) is 19.8 Å². The minimum atomic E-state index is -4.41. The maximum absolute atomic E-state index is 12.5. The van der Waals surface area contributed by atoms with Crippen molar-refractivity contribution in [3.63, 3.8) is 0 Å². The van der Waals surface area contributed by atoms with Gasteiger partial charge >= 0.3 is 6.18 Å². The van der Waals surface area contributed by atoms with Crippen molar-refractivity contribution in [3.8, 4) is 6.07 Å². The van der Waals surface area contributed by atoms with E-state index in [-0.39, 0.29) is 6.54 Å². The number of nitrogens with one attached hydrogen (secondary N) is 1. The summed E-state index contributed by atoms with van der Waals surface area (Å²) in [5.41, 5.74) is 0. The van der Waals surface area contributed by atoms with E-state index in [4.69, 9.17) is 5.26 Å². The predicted octanol–water partition coefficient (Wildman–Crippen LogP) is 2.01. The van der Waals surface area contributed by atoms with Gasteiger partial charge < -0.3 is 10.2 Å². The fourth-order valence-electron chi connectivity index (χ4n) is 2.20. The molecule has 18 heavy (non-hydrogen) atoms. The summed E-state index contributed by atoms with van der Waals surface area (Å²) in [6.45, 7) is 5.02. The van der Waals surface area contributed by atoms with Gasteiger partial charge in [-0.2, -0.15) is 18.4 Å². The molecular formula is C12H20F3N3. The first-order valence-electron chi connectivity index (χ1n) is 6.36. The van der Waals surface area contributed by atoms with Gasteiger partial charge in [-0.25, -0.2) is 0 Å². The number of rotatable bonds is 5. The molecule has 0 aromatic heterocycles. The highest BCUT2D eigenvalue weighted by molar-refractivity contribution is 4.91. The van der Waals surface area contributed by atoms with Crippen LogP contribution in [0.5, 0.6) is 0 Å². The van der Waals surface area contributed by atoms with Crippen LogP contribution >= 0.6 is 0 Å². The Hall–Kier alpha value is -0.800. The van der Waals surface area contributed by atoms with Gasteiger partial charge in [0.2, 0.25) is 0 Å². The van der Waals surface area contributed by atoms with Gasteiger partial charge in [0.25, 0.3) is 0 Å². The molecular weight excluding hydrogens is 243 g/mol. The summed E-state index contributed by atoms with van der Waals surface area (Å²) in [5.74, 6) is -1.31. The maximum atomic E-state index is 12.5. The predicted molar refractivity (Wildman–Crippen MR) is 62.9 cm³/mol. The third-order valence-electron chi connectivity index (χ3n) is 3.38. The standard InChI is InChI=1S/C12H20F3N3/c1-2-17-8-10-3-5-18(6-4-10)9-11(7-16)12(13,14)15/h10-11,17H,2-6,8-9H2,1H3. The van der Waals surface area contributed by atoms with Gasteiger partial charge in [-0.15, -0.1) is 0 Å². The van der Waals surface area contributed by atoms with Crippen LogP contribution in [-0.2, 0) is 0 Å². The van der Waals surface area contributed by atoms with Crippen molar-refractivity contribution in [3.05, 3.63) is 0 Å². The van der Waals surface area contributed by atoms with E-state index < -0.39 is 12.1 Å². The number of halogens is 3.